The molecule has 1 aliphatic heterocycles. The lowest BCUT2D eigenvalue weighted by Crippen LogP contribution is -2.38. The van der Waals surface area contributed by atoms with Crippen molar-refractivity contribution in [2.24, 2.45) is 0 Å². The Hall–Kier alpha value is -3.06. The fraction of sp³-hybridized carbons (Fsp3) is 0.240. The summed E-state index contributed by atoms with van der Waals surface area (Å²) in [5.74, 6) is 0.629. The van der Waals surface area contributed by atoms with Gasteiger partial charge in [-0.25, -0.2) is 9.97 Å². The van der Waals surface area contributed by atoms with Gasteiger partial charge in [-0.3, -0.25) is 9.69 Å². The van der Waals surface area contributed by atoms with Crippen LogP contribution in [0.3, 0.4) is 0 Å². The van der Waals surface area contributed by atoms with E-state index < -0.39 is 0 Å². The summed E-state index contributed by atoms with van der Waals surface area (Å²) in [6, 6.07) is 13.2. The fourth-order valence-electron chi connectivity index (χ4n) is 4.14. The third-order valence-corrected chi connectivity index (χ3v) is 6.00. The number of Topliss-reactive ketones (excluding diaryl/α,β-unsaturated/α-hetero) is 1. The van der Waals surface area contributed by atoms with Crippen LogP contribution in [-0.2, 0) is 4.74 Å². The second kappa shape index (κ2) is 9.20. The second-order valence-corrected chi connectivity index (χ2v) is 8.16. The molecule has 0 unspecified atom stereocenters. The van der Waals surface area contributed by atoms with E-state index in [4.69, 9.17) is 21.1 Å². The van der Waals surface area contributed by atoms with Gasteiger partial charge in [0.15, 0.2) is 5.78 Å². The molecule has 1 aromatic heterocycles. The minimum Gasteiger partial charge on any atom is -0.492 e. The molecule has 1 saturated heterocycles. The predicted molar refractivity (Wildman–Crippen MR) is 123 cm³/mol. The predicted octanol–water partition coefficient (Wildman–Crippen LogP) is 4.00. The Morgan fingerprint density at radius 2 is 1.69 bits per heavy atom. The number of halogens is 1. The topological polar surface area (TPSA) is 64.5 Å². The third kappa shape index (κ3) is 4.17. The van der Waals surface area contributed by atoms with Gasteiger partial charge in [0.25, 0.3) is 0 Å². The monoisotopic (exact) mass is 447 g/mol. The van der Waals surface area contributed by atoms with Crippen molar-refractivity contribution >= 4 is 28.5 Å². The molecule has 162 valence electrons. The maximum Gasteiger partial charge on any atom is 0.195 e. The zero-order valence-electron chi connectivity index (χ0n) is 17.5. The maximum atomic E-state index is 13.5. The summed E-state index contributed by atoms with van der Waals surface area (Å²) < 4.78 is 11.4. The number of hydrogen-bond donors (Lipinski definition) is 0. The molecule has 1 fully saturated rings. The average molecular weight is 448 g/mol. The molecule has 0 spiro atoms. The number of rotatable bonds is 6. The average Bonchev–Trinajstić information content (AvgIpc) is 3.13. The van der Waals surface area contributed by atoms with Crippen LogP contribution >= 0.6 is 11.6 Å². The summed E-state index contributed by atoms with van der Waals surface area (Å²) in [5, 5.41) is 0.646. The van der Waals surface area contributed by atoms with E-state index in [-0.39, 0.29) is 5.78 Å². The standard InChI is InChI=1S/C25H22ClN3O3/c26-19-3-1-17(2-4-19)23-21-6-5-20(32-12-9-29-7-10-31-11-8-29)13-22(21)25(30)24(23)18-14-27-16-28-15-18/h1-6,13-16H,7-12H2. The smallest absolute Gasteiger partial charge is 0.195 e. The van der Waals surface area contributed by atoms with Crippen LogP contribution in [0.25, 0.3) is 11.1 Å². The van der Waals surface area contributed by atoms with Crippen LogP contribution < -0.4 is 4.74 Å². The Labute approximate surface area is 191 Å². The molecular formula is C25H22ClN3O3. The van der Waals surface area contributed by atoms with Gasteiger partial charge < -0.3 is 9.47 Å². The number of carbonyl (C=O) groups excluding carboxylic acids is 1. The SMILES string of the molecule is O=C1C(c2cncnc2)=C(c2ccc(Cl)cc2)c2ccc(OCCN3CCOCC3)cc21. The first-order valence-corrected chi connectivity index (χ1v) is 11.0. The summed E-state index contributed by atoms with van der Waals surface area (Å²) in [4.78, 5) is 24.0. The van der Waals surface area contributed by atoms with Crippen molar-refractivity contribution in [3.05, 3.63) is 88.5 Å². The van der Waals surface area contributed by atoms with E-state index in [0.717, 1.165) is 49.5 Å². The molecule has 7 heteroatoms. The number of allylic oxidation sites excluding steroid dienone is 1. The normalized spacial score (nSPS) is 16.3. The van der Waals surface area contributed by atoms with E-state index in [1.54, 1.807) is 12.4 Å². The highest BCUT2D eigenvalue weighted by molar-refractivity contribution is 6.41. The van der Waals surface area contributed by atoms with Crippen molar-refractivity contribution < 1.29 is 14.3 Å². The van der Waals surface area contributed by atoms with Crippen LogP contribution in [0.15, 0.2) is 61.2 Å². The van der Waals surface area contributed by atoms with Crippen molar-refractivity contribution in [2.75, 3.05) is 39.5 Å². The molecule has 2 aromatic carbocycles. The van der Waals surface area contributed by atoms with E-state index in [1.165, 1.54) is 6.33 Å². The van der Waals surface area contributed by atoms with Crippen molar-refractivity contribution in [3.8, 4) is 5.75 Å². The van der Waals surface area contributed by atoms with Gasteiger partial charge in [0.1, 0.15) is 18.7 Å². The Balaban J connectivity index is 1.45. The van der Waals surface area contributed by atoms with Crippen molar-refractivity contribution in [1.82, 2.24) is 14.9 Å². The molecule has 1 aliphatic carbocycles. The van der Waals surface area contributed by atoms with E-state index >= 15 is 0 Å². The zero-order valence-corrected chi connectivity index (χ0v) is 18.2. The van der Waals surface area contributed by atoms with Gasteiger partial charge in [0, 0.05) is 59.3 Å². The molecule has 32 heavy (non-hydrogen) atoms. The fourth-order valence-corrected chi connectivity index (χ4v) is 4.27. The van der Waals surface area contributed by atoms with Crippen LogP contribution in [0.2, 0.25) is 5.02 Å². The first kappa shape index (κ1) is 20.8. The molecule has 3 aromatic rings. The number of morpholine rings is 1. The van der Waals surface area contributed by atoms with Gasteiger partial charge in [-0.2, -0.15) is 0 Å². The summed E-state index contributed by atoms with van der Waals surface area (Å²) in [5.41, 5.74) is 4.55. The number of aromatic nitrogens is 2. The maximum absolute atomic E-state index is 13.5. The van der Waals surface area contributed by atoms with Gasteiger partial charge in [-0.1, -0.05) is 23.7 Å². The van der Waals surface area contributed by atoms with E-state index in [0.29, 0.717) is 34.1 Å². The number of benzene rings is 2. The van der Waals surface area contributed by atoms with Gasteiger partial charge in [0.05, 0.1) is 13.2 Å². The first-order valence-electron chi connectivity index (χ1n) is 10.6. The number of carbonyl (C=O) groups is 1. The Bertz CT molecular complexity index is 1160. The number of ether oxygens (including phenoxy) is 2. The van der Waals surface area contributed by atoms with E-state index in [1.807, 2.05) is 42.5 Å². The highest BCUT2D eigenvalue weighted by Crippen LogP contribution is 2.43. The number of nitrogens with zero attached hydrogens (tertiary/aromatic N) is 3. The quantitative estimate of drug-likeness (QED) is 0.569. The highest BCUT2D eigenvalue weighted by Gasteiger charge is 2.32. The Morgan fingerprint density at radius 1 is 0.938 bits per heavy atom. The minimum absolute atomic E-state index is 0.0571. The first-order chi connectivity index (χ1) is 15.7. The van der Waals surface area contributed by atoms with Crippen LogP contribution in [0.4, 0.5) is 0 Å². The lowest BCUT2D eigenvalue weighted by Gasteiger charge is -2.26. The number of fused-ring (bicyclic) bond motifs is 1. The van der Waals surface area contributed by atoms with Crippen LogP contribution in [0, 0.1) is 0 Å². The molecule has 6 nitrogen and oxygen atoms in total. The molecule has 0 N–H and O–H groups in total. The van der Waals surface area contributed by atoms with Crippen molar-refractivity contribution in [2.45, 2.75) is 0 Å². The number of hydrogen-bond acceptors (Lipinski definition) is 6. The van der Waals surface area contributed by atoms with Crippen LogP contribution in [0.5, 0.6) is 5.75 Å². The lowest BCUT2D eigenvalue weighted by molar-refractivity contribution is 0.0322. The molecular weight excluding hydrogens is 426 g/mol. The Morgan fingerprint density at radius 3 is 2.44 bits per heavy atom. The van der Waals surface area contributed by atoms with Gasteiger partial charge in [-0.15, -0.1) is 0 Å². The molecule has 0 amide bonds. The lowest BCUT2D eigenvalue weighted by atomic mass is 9.95. The van der Waals surface area contributed by atoms with Crippen molar-refractivity contribution in [1.29, 1.82) is 0 Å². The van der Waals surface area contributed by atoms with E-state index in [2.05, 4.69) is 14.9 Å². The minimum atomic E-state index is -0.0571. The largest absolute Gasteiger partial charge is 0.492 e. The second-order valence-electron chi connectivity index (χ2n) is 7.72. The zero-order chi connectivity index (χ0) is 21.9. The van der Waals surface area contributed by atoms with Crippen molar-refractivity contribution in [3.63, 3.8) is 0 Å². The molecule has 5 rings (SSSR count). The van der Waals surface area contributed by atoms with Crippen LogP contribution in [0.1, 0.15) is 27.0 Å². The summed E-state index contributed by atoms with van der Waals surface area (Å²) in [6.07, 6.45) is 4.79. The summed E-state index contributed by atoms with van der Waals surface area (Å²) in [6.45, 7) is 4.75. The van der Waals surface area contributed by atoms with Gasteiger partial charge in [-0.05, 0) is 41.5 Å². The van der Waals surface area contributed by atoms with E-state index in [9.17, 15) is 4.79 Å². The molecule has 2 heterocycles. The van der Waals surface area contributed by atoms with Crippen LogP contribution in [-0.4, -0.2) is 60.1 Å². The van der Waals surface area contributed by atoms with Gasteiger partial charge >= 0.3 is 0 Å². The summed E-state index contributed by atoms with van der Waals surface area (Å²) >= 11 is 6.10. The number of ketones is 1. The summed E-state index contributed by atoms with van der Waals surface area (Å²) in [7, 11) is 0. The molecule has 2 aliphatic rings. The molecule has 0 atom stereocenters. The third-order valence-electron chi connectivity index (χ3n) is 5.74. The Kier molecular flexibility index (Phi) is 5.99. The highest BCUT2D eigenvalue weighted by atomic mass is 35.5. The molecule has 0 bridgehead atoms. The van der Waals surface area contributed by atoms with Gasteiger partial charge in [0.2, 0.25) is 0 Å². The molecule has 0 radical (unpaired) electrons. The molecule has 0 saturated carbocycles.